The summed E-state index contributed by atoms with van der Waals surface area (Å²) in [5, 5.41) is 0. The summed E-state index contributed by atoms with van der Waals surface area (Å²) in [6.07, 6.45) is 7.39. The minimum Gasteiger partial charge on any atom is -0.323 e. The predicted octanol–water partition coefficient (Wildman–Crippen LogP) is 2.40. The monoisotopic (exact) mass is 195 g/mol. The van der Waals surface area contributed by atoms with E-state index < -0.39 is 0 Å². The lowest BCUT2D eigenvalue weighted by molar-refractivity contribution is 1.17. The third-order valence-corrected chi connectivity index (χ3v) is 2.43. The summed E-state index contributed by atoms with van der Waals surface area (Å²) in [4.78, 5) is 8.16. The molecule has 0 unspecified atom stereocenters. The molecular weight excluding hydrogens is 186 g/mol. The van der Waals surface area contributed by atoms with Gasteiger partial charge in [0.25, 0.3) is 0 Å². The number of hydrogen-bond acceptors (Lipinski definition) is 2. The zero-order valence-corrected chi connectivity index (χ0v) is 8.04. The summed E-state index contributed by atoms with van der Waals surface area (Å²) < 4.78 is 2.08. The van der Waals surface area contributed by atoms with Crippen LogP contribution in [0.15, 0.2) is 55.2 Å². The Morgan fingerprint density at radius 2 is 2.00 bits per heavy atom. The highest BCUT2D eigenvalue weighted by Crippen LogP contribution is 2.22. The Kier molecular flexibility index (Phi) is 1.75. The van der Waals surface area contributed by atoms with Crippen LogP contribution >= 0.6 is 0 Å². The number of aromatic nitrogens is 3. The highest BCUT2D eigenvalue weighted by atomic mass is 14.9. The van der Waals surface area contributed by atoms with Crippen LogP contribution in [0.25, 0.3) is 16.8 Å². The van der Waals surface area contributed by atoms with Crippen LogP contribution in [0.3, 0.4) is 0 Å². The van der Waals surface area contributed by atoms with Crippen molar-refractivity contribution in [2.75, 3.05) is 0 Å². The topological polar surface area (TPSA) is 30.2 Å². The lowest BCUT2D eigenvalue weighted by Gasteiger charge is -1.98. The van der Waals surface area contributed by atoms with Gasteiger partial charge >= 0.3 is 0 Å². The molecule has 0 saturated carbocycles. The summed E-state index contributed by atoms with van der Waals surface area (Å²) in [5.74, 6) is 0. The molecule has 0 atom stereocenters. The SMILES string of the molecule is c1ccn2ccc(-c3ccncn3)c2c1. The molecule has 0 bridgehead atoms. The van der Waals surface area contributed by atoms with E-state index in [1.807, 2.05) is 30.6 Å². The van der Waals surface area contributed by atoms with Crippen LogP contribution < -0.4 is 0 Å². The first-order valence-corrected chi connectivity index (χ1v) is 4.77. The predicted molar refractivity (Wildman–Crippen MR) is 58.4 cm³/mol. The fraction of sp³-hybridized carbons (Fsp3) is 0. The Morgan fingerprint density at radius 3 is 2.87 bits per heavy atom. The molecule has 3 heteroatoms. The van der Waals surface area contributed by atoms with Crippen LogP contribution in [0.4, 0.5) is 0 Å². The van der Waals surface area contributed by atoms with Crippen molar-refractivity contribution in [2.45, 2.75) is 0 Å². The summed E-state index contributed by atoms with van der Waals surface area (Å²) >= 11 is 0. The average molecular weight is 195 g/mol. The highest BCUT2D eigenvalue weighted by molar-refractivity contribution is 5.78. The van der Waals surface area contributed by atoms with Gasteiger partial charge in [0.05, 0.1) is 11.2 Å². The molecule has 0 N–H and O–H groups in total. The fourth-order valence-electron chi connectivity index (χ4n) is 1.72. The summed E-state index contributed by atoms with van der Waals surface area (Å²) in [7, 11) is 0. The third kappa shape index (κ3) is 1.29. The molecule has 0 aliphatic heterocycles. The van der Waals surface area contributed by atoms with Crippen molar-refractivity contribution in [3.8, 4) is 11.3 Å². The van der Waals surface area contributed by atoms with Crippen LogP contribution in [0.5, 0.6) is 0 Å². The first-order valence-electron chi connectivity index (χ1n) is 4.77. The summed E-state index contributed by atoms with van der Waals surface area (Å²) in [6, 6.07) is 10.1. The maximum Gasteiger partial charge on any atom is 0.116 e. The molecule has 0 aliphatic rings. The minimum atomic E-state index is 0.957. The second-order valence-corrected chi connectivity index (χ2v) is 3.32. The highest BCUT2D eigenvalue weighted by Gasteiger charge is 2.04. The zero-order chi connectivity index (χ0) is 10.1. The Labute approximate surface area is 87.0 Å². The second-order valence-electron chi connectivity index (χ2n) is 3.32. The van der Waals surface area contributed by atoms with Crippen LogP contribution in [0.2, 0.25) is 0 Å². The lowest BCUT2D eigenvalue weighted by atomic mass is 10.2. The minimum absolute atomic E-state index is 0.957. The zero-order valence-electron chi connectivity index (χ0n) is 8.04. The van der Waals surface area contributed by atoms with E-state index in [9.17, 15) is 0 Å². The van der Waals surface area contributed by atoms with Crippen molar-refractivity contribution in [2.24, 2.45) is 0 Å². The van der Waals surface area contributed by atoms with E-state index in [0.29, 0.717) is 0 Å². The molecule has 0 fully saturated rings. The van der Waals surface area contributed by atoms with E-state index in [1.54, 1.807) is 12.5 Å². The first-order chi connectivity index (χ1) is 7.45. The van der Waals surface area contributed by atoms with Crippen molar-refractivity contribution in [1.82, 2.24) is 14.4 Å². The van der Waals surface area contributed by atoms with Gasteiger partial charge in [-0.1, -0.05) is 6.07 Å². The largest absolute Gasteiger partial charge is 0.323 e. The van der Waals surface area contributed by atoms with Crippen molar-refractivity contribution < 1.29 is 0 Å². The van der Waals surface area contributed by atoms with Gasteiger partial charge in [0.1, 0.15) is 6.33 Å². The molecule has 0 amide bonds. The van der Waals surface area contributed by atoms with E-state index in [-0.39, 0.29) is 0 Å². The van der Waals surface area contributed by atoms with Crippen LogP contribution in [-0.4, -0.2) is 14.4 Å². The lowest BCUT2D eigenvalue weighted by Crippen LogP contribution is -1.84. The van der Waals surface area contributed by atoms with Gasteiger partial charge in [0.15, 0.2) is 0 Å². The fourth-order valence-corrected chi connectivity index (χ4v) is 1.72. The summed E-state index contributed by atoms with van der Waals surface area (Å²) in [6.45, 7) is 0. The van der Waals surface area contributed by atoms with Crippen molar-refractivity contribution in [3.05, 3.63) is 55.2 Å². The van der Waals surface area contributed by atoms with Crippen LogP contribution in [-0.2, 0) is 0 Å². The summed E-state index contributed by atoms with van der Waals surface area (Å²) in [5.41, 5.74) is 3.26. The molecule has 72 valence electrons. The van der Waals surface area contributed by atoms with E-state index in [1.165, 1.54) is 0 Å². The molecule has 15 heavy (non-hydrogen) atoms. The maximum atomic E-state index is 4.25. The van der Waals surface area contributed by atoms with Crippen molar-refractivity contribution in [3.63, 3.8) is 0 Å². The molecule has 0 spiro atoms. The van der Waals surface area contributed by atoms with Crippen molar-refractivity contribution in [1.29, 1.82) is 0 Å². The van der Waals surface area contributed by atoms with Crippen molar-refractivity contribution >= 4 is 5.52 Å². The van der Waals surface area contributed by atoms with Crippen LogP contribution in [0.1, 0.15) is 0 Å². The molecular formula is C12H9N3. The van der Waals surface area contributed by atoms with Crippen LogP contribution in [0, 0.1) is 0 Å². The van der Waals surface area contributed by atoms with Gasteiger partial charge < -0.3 is 4.40 Å². The van der Waals surface area contributed by atoms with E-state index in [4.69, 9.17) is 0 Å². The van der Waals surface area contributed by atoms with Gasteiger partial charge in [-0.3, -0.25) is 0 Å². The molecule has 3 aromatic heterocycles. The van der Waals surface area contributed by atoms with Gasteiger partial charge in [-0.2, -0.15) is 0 Å². The molecule has 3 nitrogen and oxygen atoms in total. The number of fused-ring (bicyclic) bond motifs is 1. The smallest absolute Gasteiger partial charge is 0.116 e. The second kappa shape index (κ2) is 3.20. The normalized spacial score (nSPS) is 10.7. The standard InChI is InChI=1S/C12H9N3/c1-2-7-15-8-5-10(12(15)3-1)11-4-6-13-9-14-11/h1-9H. The number of pyridine rings is 1. The third-order valence-electron chi connectivity index (χ3n) is 2.43. The molecule has 3 heterocycles. The molecule has 3 aromatic rings. The quantitative estimate of drug-likeness (QED) is 0.596. The van der Waals surface area contributed by atoms with Gasteiger partial charge in [-0.05, 0) is 24.3 Å². The Hall–Kier alpha value is -2.16. The number of rotatable bonds is 1. The Morgan fingerprint density at radius 1 is 1.00 bits per heavy atom. The molecule has 0 aromatic carbocycles. The van der Waals surface area contributed by atoms with E-state index in [2.05, 4.69) is 26.5 Å². The Balaban J connectivity index is 2.28. The van der Waals surface area contributed by atoms with E-state index in [0.717, 1.165) is 16.8 Å². The van der Waals surface area contributed by atoms with Gasteiger partial charge in [-0.15, -0.1) is 0 Å². The molecule has 0 radical (unpaired) electrons. The maximum absolute atomic E-state index is 4.25. The molecule has 0 saturated heterocycles. The van der Waals surface area contributed by atoms with Gasteiger partial charge in [0, 0.05) is 24.2 Å². The number of nitrogens with zero attached hydrogens (tertiary/aromatic N) is 3. The van der Waals surface area contributed by atoms with Gasteiger partial charge in [-0.25, -0.2) is 9.97 Å². The van der Waals surface area contributed by atoms with E-state index >= 15 is 0 Å². The van der Waals surface area contributed by atoms with Gasteiger partial charge in [0.2, 0.25) is 0 Å². The Bertz CT molecular complexity index is 584. The molecule has 0 aliphatic carbocycles. The first kappa shape index (κ1) is 8.17. The number of hydrogen-bond donors (Lipinski definition) is 0. The molecule has 3 rings (SSSR count). The average Bonchev–Trinajstić information content (AvgIpc) is 2.74.